The number of fused-ring (bicyclic) bond motifs is 1. The second-order valence-corrected chi connectivity index (χ2v) is 3.17. The number of aromatic nitrogens is 2. The molecule has 0 radical (unpaired) electrons. The van der Waals surface area contributed by atoms with Gasteiger partial charge in [0.25, 0.3) is 0 Å². The summed E-state index contributed by atoms with van der Waals surface area (Å²) >= 11 is 0. The Morgan fingerprint density at radius 1 is 1.62 bits per heavy atom. The zero-order chi connectivity index (χ0) is 9.26. The fourth-order valence-electron chi connectivity index (χ4n) is 1.69. The molecule has 0 saturated heterocycles. The van der Waals surface area contributed by atoms with Crippen LogP contribution < -0.4 is 5.73 Å². The lowest BCUT2D eigenvalue weighted by Crippen LogP contribution is -2.18. The molecule has 0 fully saturated rings. The third-order valence-corrected chi connectivity index (χ3v) is 2.37. The first kappa shape index (κ1) is 8.10. The fraction of sp³-hybridized carbons (Fsp3) is 0.500. The van der Waals surface area contributed by atoms with Gasteiger partial charge in [-0.15, -0.1) is 0 Å². The molecule has 0 spiro atoms. The number of hydrogen-bond acceptors (Lipinski definition) is 3. The lowest BCUT2D eigenvalue weighted by molar-refractivity contribution is 0.318. The van der Waals surface area contributed by atoms with Crippen LogP contribution in [0.2, 0.25) is 0 Å². The molecule has 0 saturated carbocycles. The van der Waals surface area contributed by atoms with Gasteiger partial charge in [-0.3, -0.25) is 4.68 Å². The molecule has 5 heteroatoms. The lowest BCUT2D eigenvalue weighted by atomic mass is 10.1. The molecule has 5 nitrogen and oxygen atoms in total. The van der Waals surface area contributed by atoms with Gasteiger partial charge < -0.3 is 10.9 Å². The van der Waals surface area contributed by atoms with Crippen molar-refractivity contribution in [3.8, 4) is 0 Å². The maximum atomic E-state index is 8.53. The van der Waals surface area contributed by atoms with Crippen LogP contribution in [0.3, 0.4) is 0 Å². The van der Waals surface area contributed by atoms with Gasteiger partial charge in [0.2, 0.25) is 0 Å². The van der Waals surface area contributed by atoms with Crippen LogP contribution >= 0.6 is 0 Å². The number of rotatable bonds is 1. The van der Waals surface area contributed by atoms with Crippen LogP contribution in [0.1, 0.15) is 24.1 Å². The molecule has 3 N–H and O–H groups in total. The predicted molar refractivity (Wildman–Crippen MR) is 47.7 cm³/mol. The Morgan fingerprint density at radius 3 is 3.23 bits per heavy atom. The fourth-order valence-corrected chi connectivity index (χ4v) is 1.69. The first-order valence-electron chi connectivity index (χ1n) is 4.35. The molecule has 0 atom stereocenters. The van der Waals surface area contributed by atoms with E-state index >= 15 is 0 Å². The second kappa shape index (κ2) is 3.08. The summed E-state index contributed by atoms with van der Waals surface area (Å²) in [7, 11) is 0. The van der Waals surface area contributed by atoms with Crippen molar-refractivity contribution in [1.29, 1.82) is 0 Å². The average molecular weight is 180 g/mol. The van der Waals surface area contributed by atoms with Gasteiger partial charge in [-0.2, -0.15) is 5.10 Å². The van der Waals surface area contributed by atoms with Gasteiger partial charge in [0, 0.05) is 12.2 Å². The van der Waals surface area contributed by atoms with Gasteiger partial charge in [-0.1, -0.05) is 5.16 Å². The Bertz CT molecular complexity index is 342. The topological polar surface area (TPSA) is 76.4 Å². The van der Waals surface area contributed by atoms with Gasteiger partial charge in [0.1, 0.15) is 0 Å². The van der Waals surface area contributed by atoms with Crippen molar-refractivity contribution < 1.29 is 5.21 Å². The summed E-state index contributed by atoms with van der Waals surface area (Å²) in [5, 5.41) is 15.7. The highest BCUT2D eigenvalue weighted by molar-refractivity contribution is 5.97. The maximum absolute atomic E-state index is 8.53. The van der Waals surface area contributed by atoms with Crippen molar-refractivity contribution in [2.45, 2.75) is 25.8 Å². The van der Waals surface area contributed by atoms with Crippen molar-refractivity contribution in [1.82, 2.24) is 9.78 Å². The molecule has 13 heavy (non-hydrogen) atoms. The number of aryl methyl sites for hydroxylation is 1. The number of oxime groups is 1. The average Bonchev–Trinajstić information content (AvgIpc) is 2.60. The monoisotopic (exact) mass is 180 g/mol. The molecule has 1 aromatic rings. The Labute approximate surface area is 75.8 Å². The third kappa shape index (κ3) is 1.26. The van der Waals surface area contributed by atoms with E-state index in [1.165, 1.54) is 0 Å². The zero-order valence-corrected chi connectivity index (χ0v) is 7.27. The summed E-state index contributed by atoms with van der Waals surface area (Å²) in [5.74, 6) is 0.156. The van der Waals surface area contributed by atoms with E-state index in [1.54, 1.807) is 6.20 Å². The molecule has 0 aliphatic carbocycles. The molecular weight excluding hydrogens is 168 g/mol. The summed E-state index contributed by atoms with van der Waals surface area (Å²) in [6, 6.07) is 0. The van der Waals surface area contributed by atoms with Gasteiger partial charge in [-0.05, 0) is 19.3 Å². The van der Waals surface area contributed by atoms with E-state index < -0.39 is 0 Å². The molecule has 0 bridgehead atoms. The summed E-state index contributed by atoms with van der Waals surface area (Å²) < 4.78 is 1.93. The summed E-state index contributed by atoms with van der Waals surface area (Å²) in [5.41, 5.74) is 7.36. The van der Waals surface area contributed by atoms with Crippen LogP contribution in [0, 0.1) is 0 Å². The molecular formula is C8H12N4O. The minimum atomic E-state index is 0.156. The summed E-state index contributed by atoms with van der Waals surface area (Å²) in [6.45, 7) is 0.939. The lowest BCUT2D eigenvalue weighted by Gasteiger charge is -2.13. The quantitative estimate of drug-likeness (QED) is 0.283. The molecule has 1 aliphatic heterocycles. The van der Waals surface area contributed by atoms with Crippen molar-refractivity contribution in [2.75, 3.05) is 0 Å². The highest BCUT2D eigenvalue weighted by Crippen LogP contribution is 2.17. The third-order valence-electron chi connectivity index (χ3n) is 2.37. The Balaban J connectivity index is 2.42. The van der Waals surface area contributed by atoms with Crippen LogP contribution in [-0.2, 0) is 13.0 Å². The van der Waals surface area contributed by atoms with E-state index in [9.17, 15) is 0 Å². The Hall–Kier alpha value is -1.52. The minimum absolute atomic E-state index is 0.156. The van der Waals surface area contributed by atoms with E-state index in [1.807, 2.05) is 4.68 Å². The normalized spacial score (nSPS) is 17.1. The summed E-state index contributed by atoms with van der Waals surface area (Å²) in [4.78, 5) is 0. The Kier molecular flexibility index (Phi) is 1.92. The highest BCUT2D eigenvalue weighted by Gasteiger charge is 2.16. The molecule has 0 unspecified atom stereocenters. The second-order valence-electron chi connectivity index (χ2n) is 3.17. The van der Waals surface area contributed by atoms with Crippen LogP contribution in [0.4, 0.5) is 0 Å². The minimum Gasteiger partial charge on any atom is -0.409 e. The molecule has 0 amide bonds. The van der Waals surface area contributed by atoms with Gasteiger partial charge >= 0.3 is 0 Å². The van der Waals surface area contributed by atoms with Crippen molar-refractivity contribution in [3.05, 3.63) is 17.5 Å². The van der Waals surface area contributed by atoms with Crippen LogP contribution in [0.15, 0.2) is 11.4 Å². The van der Waals surface area contributed by atoms with Gasteiger partial charge in [0.05, 0.1) is 11.8 Å². The van der Waals surface area contributed by atoms with E-state index in [-0.39, 0.29) is 5.84 Å². The molecule has 2 rings (SSSR count). The molecule has 0 aromatic carbocycles. The number of hydrogen-bond donors (Lipinski definition) is 2. The van der Waals surface area contributed by atoms with Gasteiger partial charge in [0.15, 0.2) is 5.84 Å². The van der Waals surface area contributed by atoms with E-state index in [2.05, 4.69) is 10.3 Å². The largest absolute Gasteiger partial charge is 0.409 e. The first-order chi connectivity index (χ1) is 6.33. The van der Waals surface area contributed by atoms with E-state index in [0.29, 0.717) is 0 Å². The molecule has 70 valence electrons. The molecule has 2 heterocycles. The Morgan fingerprint density at radius 2 is 2.46 bits per heavy atom. The first-order valence-corrected chi connectivity index (χ1v) is 4.35. The number of nitrogens with zero attached hydrogens (tertiary/aromatic N) is 3. The van der Waals surface area contributed by atoms with Crippen LogP contribution in [0.5, 0.6) is 0 Å². The summed E-state index contributed by atoms with van der Waals surface area (Å²) in [6.07, 6.45) is 4.93. The standard InChI is InChI=1S/C8H12N4O/c9-8(11-13)6-5-10-12-4-2-1-3-7(6)12/h5,13H,1-4H2,(H2,9,11). The molecule has 1 aliphatic rings. The molecule has 1 aromatic heterocycles. The van der Waals surface area contributed by atoms with Crippen LogP contribution in [0.25, 0.3) is 0 Å². The SMILES string of the molecule is N/C(=N/O)c1cnn2c1CCCC2. The maximum Gasteiger partial charge on any atom is 0.173 e. The highest BCUT2D eigenvalue weighted by atomic mass is 16.4. The van der Waals surface area contributed by atoms with Crippen molar-refractivity contribution >= 4 is 5.84 Å². The number of nitrogens with two attached hydrogens (primary N) is 1. The van der Waals surface area contributed by atoms with E-state index in [0.717, 1.165) is 37.1 Å². The van der Waals surface area contributed by atoms with Crippen molar-refractivity contribution in [2.24, 2.45) is 10.9 Å². The van der Waals surface area contributed by atoms with Crippen molar-refractivity contribution in [3.63, 3.8) is 0 Å². The predicted octanol–water partition coefficient (Wildman–Crippen LogP) is 0.314. The van der Waals surface area contributed by atoms with Gasteiger partial charge in [-0.25, -0.2) is 0 Å². The van der Waals surface area contributed by atoms with E-state index in [4.69, 9.17) is 10.9 Å². The smallest absolute Gasteiger partial charge is 0.173 e. The zero-order valence-electron chi connectivity index (χ0n) is 7.27. The van der Waals surface area contributed by atoms with Crippen LogP contribution in [-0.4, -0.2) is 20.8 Å². The number of amidine groups is 1.